The van der Waals surface area contributed by atoms with Crippen molar-refractivity contribution in [2.75, 3.05) is 5.43 Å². The topological polar surface area (TPSA) is 93.9 Å². The van der Waals surface area contributed by atoms with Crippen LogP contribution in [0.2, 0.25) is 0 Å². The van der Waals surface area contributed by atoms with Crippen LogP contribution in [0.1, 0.15) is 43.1 Å². The predicted molar refractivity (Wildman–Crippen MR) is 137 cm³/mol. The number of allylic oxidation sites excluding steroid dienone is 4. The van der Waals surface area contributed by atoms with E-state index in [0.717, 1.165) is 40.1 Å². The Kier molecular flexibility index (Phi) is 8.04. The van der Waals surface area contributed by atoms with E-state index in [1.165, 1.54) is 0 Å². The second-order valence-electron chi connectivity index (χ2n) is 7.75. The highest BCUT2D eigenvalue weighted by molar-refractivity contribution is 5.70. The second kappa shape index (κ2) is 10.5. The lowest BCUT2D eigenvalue weighted by molar-refractivity contribution is 0.683. The van der Waals surface area contributed by atoms with Crippen molar-refractivity contribution in [2.24, 2.45) is 11.6 Å². The number of hydrogen-bond acceptors (Lipinski definition) is 5. The summed E-state index contributed by atoms with van der Waals surface area (Å²) in [6.07, 6.45) is 4.52. The highest BCUT2D eigenvalue weighted by Gasteiger charge is 2.16. The van der Waals surface area contributed by atoms with Crippen LogP contribution >= 0.6 is 0 Å². The van der Waals surface area contributed by atoms with Crippen molar-refractivity contribution in [1.82, 2.24) is 14.9 Å². The first-order valence-electron chi connectivity index (χ1n) is 10.4. The van der Waals surface area contributed by atoms with Crippen LogP contribution in [-0.2, 0) is 0 Å². The Balaban J connectivity index is 2.30. The summed E-state index contributed by atoms with van der Waals surface area (Å²) in [4.78, 5) is 4.27. The van der Waals surface area contributed by atoms with E-state index in [2.05, 4.69) is 55.5 Å². The zero-order chi connectivity index (χ0) is 24.0. The van der Waals surface area contributed by atoms with Crippen molar-refractivity contribution in [1.29, 1.82) is 0 Å². The van der Waals surface area contributed by atoms with Gasteiger partial charge in [-0.25, -0.2) is 10.8 Å². The summed E-state index contributed by atoms with van der Waals surface area (Å²) in [5, 5.41) is 3.35. The van der Waals surface area contributed by atoms with E-state index in [9.17, 15) is 0 Å². The molecule has 0 aliphatic rings. The lowest BCUT2D eigenvalue weighted by Gasteiger charge is -2.23. The summed E-state index contributed by atoms with van der Waals surface area (Å²) in [5.41, 5.74) is 16.2. The monoisotopic (exact) mass is 430 g/mol. The first-order valence-corrected chi connectivity index (χ1v) is 10.4. The van der Waals surface area contributed by atoms with Crippen LogP contribution in [0.3, 0.4) is 0 Å². The Bertz CT molecular complexity index is 1080. The molecule has 168 valence electrons. The second-order valence-corrected chi connectivity index (χ2v) is 7.75. The average Bonchev–Trinajstić information content (AvgIpc) is 3.14. The minimum absolute atomic E-state index is 0.318. The minimum atomic E-state index is -0.318. The summed E-state index contributed by atoms with van der Waals surface area (Å²) in [6, 6.07) is 7.80. The Labute approximate surface area is 191 Å². The fourth-order valence-corrected chi connectivity index (χ4v) is 3.25. The van der Waals surface area contributed by atoms with Crippen LogP contribution in [0.15, 0.2) is 92.0 Å². The number of nitrogens with zero attached hydrogens (tertiary/aromatic N) is 2. The minimum Gasteiger partial charge on any atom is -0.401 e. The Hall–Kier alpha value is -3.77. The molecule has 0 saturated heterocycles. The van der Waals surface area contributed by atoms with Gasteiger partial charge in [0.05, 0.1) is 17.9 Å². The van der Waals surface area contributed by atoms with E-state index in [1.807, 2.05) is 48.8 Å². The molecule has 6 nitrogen and oxygen atoms in total. The summed E-state index contributed by atoms with van der Waals surface area (Å²) >= 11 is 0. The van der Waals surface area contributed by atoms with Gasteiger partial charge in [-0.2, -0.15) is 0 Å². The molecule has 0 fully saturated rings. The third kappa shape index (κ3) is 5.47. The smallest absolute Gasteiger partial charge is 0.222 e. The zero-order valence-electron chi connectivity index (χ0n) is 19.3. The normalized spacial score (nSPS) is 12.1. The molecule has 2 rings (SSSR count). The van der Waals surface area contributed by atoms with Gasteiger partial charge in [0, 0.05) is 17.1 Å². The molecule has 6 N–H and O–H groups in total. The molecule has 6 heteroatoms. The number of nitrogens with two attached hydrogens (primary N) is 2. The van der Waals surface area contributed by atoms with E-state index < -0.39 is 0 Å². The highest BCUT2D eigenvalue weighted by atomic mass is 15.3. The van der Waals surface area contributed by atoms with Gasteiger partial charge in [0.25, 0.3) is 0 Å². The third-order valence-corrected chi connectivity index (χ3v) is 5.21. The summed E-state index contributed by atoms with van der Waals surface area (Å²) in [7, 11) is 0. The summed E-state index contributed by atoms with van der Waals surface area (Å²) in [6.45, 7) is 26.4. The number of anilines is 1. The molecule has 32 heavy (non-hydrogen) atoms. The molecular weight excluding hydrogens is 396 g/mol. The predicted octanol–water partition coefficient (Wildman–Crippen LogP) is 5.19. The average molecular weight is 431 g/mol. The standard InChI is InChI=1S/C26H34N6/c1-9-17(4)22-10-12-23(13-11-22)25(20(7)27)30-21(8)18(5)14-24(16(2)3)32-19(6)15-29-26(32)31-28/h10-15,25,30H,2,4-5,7-9,27-28H2,1,3,6H3,(H,29,31)/b24-14-/t25-/m0/s1. The SMILES string of the molecule is C=C(/C=C(/C(=C)C)n1c(C)cnc1NN)C(=C)N[C@@H](C(=C)N)c1ccc(C(=C)CC)cc1. The van der Waals surface area contributed by atoms with Gasteiger partial charge in [0.15, 0.2) is 0 Å². The number of hydrazine groups is 1. The molecule has 0 aliphatic heterocycles. The maximum absolute atomic E-state index is 6.12. The molecule has 0 aliphatic carbocycles. The molecule has 0 saturated carbocycles. The zero-order valence-corrected chi connectivity index (χ0v) is 19.3. The van der Waals surface area contributed by atoms with Gasteiger partial charge in [-0.1, -0.05) is 64.1 Å². The number of rotatable bonds is 11. The van der Waals surface area contributed by atoms with Crippen molar-refractivity contribution in [3.8, 4) is 0 Å². The molecule has 0 radical (unpaired) electrons. The number of hydrogen-bond donors (Lipinski definition) is 4. The van der Waals surface area contributed by atoms with Gasteiger partial charge < -0.3 is 11.1 Å². The lowest BCUT2D eigenvalue weighted by atomic mass is 9.98. The van der Waals surface area contributed by atoms with E-state index in [4.69, 9.17) is 11.6 Å². The van der Waals surface area contributed by atoms with E-state index in [-0.39, 0.29) is 6.04 Å². The highest BCUT2D eigenvalue weighted by Crippen LogP contribution is 2.27. The van der Waals surface area contributed by atoms with Gasteiger partial charge in [-0.15, -0.1) is 0 Å². The van der Waals surface area contributed by atoms with Gasteiger partial charge >= 0.3 is 0 Å². The van der Waals surface area contributed by atoms with Crippen molar-refractivity contribution in [3.63, 3.8) is 0 Å². The van der Waals surface area contributed by atoms with Crippen LogP contribution in [0.4, 0.5) is 5.95 Å². The van der Waals surface area contributed by atoms with Crippen LogP contribution in [0.25, 0.3) is 11.3 Å². The maximum atomic E-state index is 6.12. The number of aromatic nitrogens is 2. The molecule has 0 amide bonds. The van der Waals surface area contributed by atoms with Gasteiger partial charge in [0.1, 0.15) is 0 Å². The Morgan fingerprint density at radius 1 is 1.16 bits per heavy atom. The first-order chi connectivity index (χ1) is 15.1. The number of nitrogen functional groups attached to an aromatic ring is 1. The molecule has 0 bridgehead atoms. The number of benzene rings is 1. The van der Waals surface area contributed by atoms with Crippen LogP contribution in [0.5, 0.6) is 0 Å². The van der Waals surface area contributed by atoms with Crippen molar-refractivity contribution in [2.45, 2.75) is 33.2 Å². The maximum Gasteiger partial charge on any atom is 0.222 e. The first kappa shape index (κ1) is 24.5. The van der Waals surface area contributed by atoms with Crippen molar-refractivity contribution >= 4 is 17.2 Å². The van der Waals surface area contributed by atoms with Crippen LogP contribution in [0, 0.1) is 6.92 Å². The molecule has 1 aromatic heterocycles. The summed E-state index contributed by atoms with van der Waals surface area (Å²) in [5.74, 6) is 6.13. The van der Waals surface area contributed by atoms with Crippen LogP contribution in [-0.4, -0.2) is 9.55 Å². The molecular formula is C26H34N6. The summed E-state index contributed by atoms with van der Waals surface area (Å²) < 4.78 is 1.87. The van der Waals surface area contributed by atoms with E-state index in [1.54, 1.807) is 6.20 Å². The van der Waals surface area contributed by atoms with Gasteiger partial charge in [-0.05, 0) is 54.2 Å². The molecule has 1 aromatic carbocycles. The van der Waals surface area contributed by atoms with Gasteiger partial charge in [0.2, 0.25) is 5.95 Å². The fourth-order valence-electron chi connectivity index (χ4n) is 3.25. The lowest BCUT2D eigenvalue weighted by Crippen LogP contribution is -2.25. The molecule has 0 spiro atoms. The fraction of sp³-hybridized carbons (Fsp3) is 0.192. The molecule has 0 unspecified atom stereocenters. The molecule has 2 aromatic rings. The van der Waals surface area contributed by atoms with Crippen molar-refractivity contribution < 1.29 is 0 Å². The largest absolute Gasteiger partial charge is 0.401 e. The number of aryl methyl sites for hydroxylation is 1. The van der Waals surface area contributed by atoms with Crippen LogP contribution < -0.4 is 22.3 Å². The Morgan fingerprint density at radius 2 is 1.78 bits per heavy atom. The van der Waals surface area contributed by atoms with E-state index in [0.29, 0.717) is 22.9 Å². The quantitative estimate of drug-likeness (QED) is 0.224. The number of nitrogens with one attached hydrogen (secondary N) is 2. The van der Waals surface area contributed by atoms with Gasteiger partial charge in [-0.3, -0.25) is 9.99 Å². The number of imidazole rings is 1. The third-order valence-electron chi connectivity index (χ3n) is 5.21. The molecule has 1 heterocycles. The van der Waals surface area contributed by atoms with E-state index >= 15 is 0 Å². The van der Waals surface area contributed by atoms with Crippen molar-refractivity contribution in [3.05, 3.63) is 109 Å². The molecule has 1 atom stereocenters. The Morgan fingerprint density at radius 3 is 2.28 bits per heavy atom.